The van der Waals surface area contributed by atoms with Crippen molar-refractivity contribution >= 4 is 28.0 Å². The molecule has 0 saturated carbocycles. The second kappa shape index (κ2) is 5.06. The van der Waals surface area contributed by atoms with E-state index in [4.69, 9.17) is 0 Å². The SMILES string of the molecule is CCC(C)S(C(C)C)=P(O)(O)S. The van der Waals surface area contributed by atoms with Gasteiger partial charge in [0.15, 0.2) is 5.69 Å². The summed E-state index contributed by atoms with van der Waals surface area (Å²) < 4.78 is 0. The third-order valence-electron chi connectivity index (χ3n) is 1.75. The van der Waals surface area contributed by atoms with E-state index in [2.05, 4.69) is 26.1 Å². The van der Waals surface area contributed by atoms with Crippen LogP contribution in [0.3, 0.4) is 0 Å². The lowest BCUT2D eigenvalue weighted by molar-refractivity contribution is 0.501. The topological polar surface area (TPSA) is 40.5 Å². The number of hydrogen-bond donors (Lipinski definition) is 3. The summed E-state index contributed by atoms with van der Waals surface area (Å²) in [5.41, 5.74) is -2.93. The zero-order valence-corrected chi connectivity index (χ0v) is 10.7. The Morgan fingerprint density at radius 1 is 1.33 bits per heavy atom. The molecule has 0 radical (unpaired) electrons. The fourth-order valence-corrected chi connectivity index (χ4v) is 10.2. The van der Waals surface area contributed by atoms with Crippen LogP contribution in [-0.4, -0.2) is 20.3 Å². The second-order valence-electron chi connectivity index (χ2n) is 3.13. The lowest BCUT2D eigenvalue weighted by Gasteiger charge is -2.24. The van der Waals surface area contributed by atoms with E-state index in [1.54, 1.807) is 0 Å². The van der Waals surface area contributed by atoms with Gasteiger partial charge in [-0.1, -0.05) is 39.9 Å². The van der Waals surface area contributed by atoms with Crippen molar-refractivity contribution in [2.45, 2.75) is 44.6 Å². The lowest BCUT2D eigenvalue weighted by Crippen LogP contribution is -2.18. The molecule has 0 aromatic heterocycles. The van der Waals surface area contributed by atoms with Gasteiger partial charge in [0.1, 0.15) is 0 Å². The van der Waals surface area contributed by atoms with Crippen LogP contribution in [0.5, 0.6) is 0 Å². The summed E-state index contributed by atoms with van der Waals surface area (Å²) in [6, 6.07) is 0. The highest BCUT2D eigenvalue weighted by molar-refractivity contribution is 8.66. The molecular weight excluding hydrogens is 211 g/mol. The van der Waals surface area contributed by atoms with Crippen molar-refractivity contribution in [3.63, 3.8) is 0 Å². The summed E-state index contributed by atoms with van der Waals surface area (Å²) in [6.45, 7) is 8.16. The molecule has 0 fully saturated rings. The Morgan fingerprint density at radius 2 is 1.75 bits per heavy atom. The summed E-state index contributed by atoms with van der Waals surface area (Å²) >= 11 is 3.92. The van der Waals surface area contributed by atoms with Gasteiger partial charge in [0.05, 0.1) is 0 Å². The first kappa shape index (κ1) is 13.1. The maximum Gasteiger partial charge on any atom is 0.199 e. The molecule has 0 aromatic carbocycles. The molecule has 2 nitrogen and oxygen atoms in total. The fourth-order valence-electron chi connectivity index (χ4n) is 1.16. The third kappa shape index (κ3) is 3.84. The lowest BCUT2D eigenvalue weighted by atomic mass is 10.4. The molecule has 0 saturated heterocycles. The number of rotatable bonds is 3. The number of hydrogen-bond acceptors (Lipinski definition) is 0. The van der Waals surface area contributed by atoms with E-state index < -0.39 is 5.69 Å². The Kier molecular flexibility index (Phi) is 5.50. The molecule has 12 heavy (non-hydrogen) atoms. The molecule has 0 spiro atoms. The van der Waals surface area contributed by atoms with Crippen molar-refractivity contribution in [2.24, 2.45) is 0 Å². The molecule has 0 aliphatic rings. The van der Waals surface area contributed by atoms with Gasteiger partial charge in [0.25, 0.3) is 0 Å². The van der Waals surface area contributed by atoms with Gasteiger partial charge in [-0.2, -0.15) is 0 Å². The van der Waals surface area contributed by atoms with Gasteiger partial charge in [0.2, 0.25) is 0 Å². The second-order valence-corrected chi connectivity index (χ2v) is 11.9. The first-order valence-corrected chi connectivity index (χ1v) is 8.90. The maximum atomic E-state index is 9.49. The molecular formula is C7H19O2PS2. The van der Waals surface area contributed by atoms with Crippen LogP contribution in [0, 0.1) is 0 Å². The van der Waals surface area contributed by atoms with Crippen molar-refractivity contribution in [2.75, 3.05) is 0 Å². The predicted octanol–water partition coefficient (Wildman–Crippen LogP) is 2.40. The van der Waals surface area contributed by atoms with Crippen molar-refractivity contribution in [3.05, 3.63) is 0 Å². The van der Waals surface area contributed by atoms with E-state index in [1.807, 2.05) is 13.8 Å². The summed E-state index contributed by atoms with van der Waals surface area (Å²) in [4.78, 5) is 19.0. The van der Waals surface area contributed by atoms with Crippen LogP contribution in [-0.2, 0) is 10.1 Å². The van der Waals surface area contributed by atoms with Gasteiger partial charge in [-0.05, 0) is 11.7 Å². The van der Waals surface area contributed by atoms with Crippen LogP contribution in [0.4, 0.5) is 0 Å². The quantitative estimate of drug-likeness (QED) is 0.515. The summed E-state index contributed by atoms with van der Waals surface area (Å²) in [7, 11) is -0.352. The van der Waals surface area contributed by atoms with Crippen LogP contribution in [0.1, 0.15) is 34.1 Å². The summed E-state index contributed by atoms with van der Waals surface area (Å²) in [5, 5.41) is 0.659. The minimum Gasteiger partial charge on any atom is -0.341 e. The molecule has 0 aliphatic carbocycles. The molecule has 0 amide bonds. The molecule has 5 heteroatoms. The number of thiol groups is 1. The third-order valence-corrected chi connectivity index (χ3v) is 10.2. The smallest absolute Gasteiger partial charge is 0.199 e. The zero-order chi connectivity index (χ0) is 9.94. The van der Waals surface area contributed by atoms with Crippen molar-refractivity contribution in [3.8, 4) is 0 Å². The highest BCUT2D eigenvalue weighted by Crippen LogP contribution is 2.49. The molecule has 0 bridgehead atoms. The standard InChI is InChI=1S/C7H19O2PS2/c1-5-7(4)12(6(2)3)10(8,9)11/h6-9,11H,5H2,1-4H3. The van der Waals surface area contributed by atoms with E-state index in [0.29, 0.717) is 10.5 Å². The van der Waals surface area contributed by atoms with Crippen molar-refractivity contribution in [1.82, 2.24) is 0 Å². The summed E-state index contributed by atoms with van der Waals surface area (Å²) in [5.74, 6) is 0. The van der Waals surface area contributed by atoms with Gasteiger partial charge >= 0.3 is 0 Å². The average molecular weight is 230 g/mol. The Hall–Kier alpha value is 1.05. The van der Waals surface area contributed by atoms with Crippen LogP contribution in [0.2, 0.25) is 0 Å². The van der Waals surface area contributed by atoms with Gasteiger partial charge in [-0.15, -0.1) is 10.1 Å². The molecule has 2 N–H and O–H groups in total. The van der Waals surface area contributed by atoms with Crippen molar-refractivity contribution in [1.29, 1.82) is 0 Å². The normalized spacial score (nSPS) is 18.0. The van der Waals surface area contributed by atoms with Gasteiger partial charge in [-0.25, -0.2) is 0 Å². The Morgan fingerprint density at radius 3 is 1.83 bits per heavy atom. The molecule has 0 rings (SSSR count). The van der Waals surface area contributed by atoms with Gasteiger partial charge in [0, 0.05) is 5.25 Å². The Labute approximate surface area is 82.7 Å². The van der Waals surface area contributed by atoms with Crippen LogP contribution < -0.4 is 0 Å². The van der Waals surface area contributed by atoms with Gasteiger partial charge < -0.3 is 9.79 Å². The molecule has 76 valence electrons. The van der Waals surface area contributed by atoms with E-state index in [0.717, 1.165) is 6.42 Å². The Bertz CT molecular complexity index is 189. The first-order valence-electron chi connectivity index (χ1n) is 4.10. The average Bonchev–Trinajstić information content (AvgIpc) is 1.83. The maximum absolute atomic E-state index is 9.49. The highest BCUT2D eigenvalue weighted by atomic mass is 32.9. The van der Waals surface area contributed by atoms with E-state index >= 15 is 0 Å². The first-order chi connectivity index (χ1) is 5.30. The molecule has 0 aliphatic heterocycles. The Balaban J connectivity index is 4.94. The summed E-state index contributed by atoms with van der Waals surface area (Å²) in [6.07, 6.45) is 0.977. The highest BCUT2D eigenvalue weighted by Gasteiger charge is 2.19. The molecule has 0 aromatic rings. The van der Waals surface area contributed by atoms with Crippen molar-refractivity contribution < 1.29 is 9.79 Å². The predicted molar refractivity (Wildman–Crippen MR) is 62.6 cm³/mol. The minimum atomic E-state index is -2.93. The van der Waals surface area contributed by atoms with E-state index in [-0.39, 0.29) is 10.1 Å². The van der Waals surface area contributed by atoms with Crippen LogP contribution in [0.25, 0.3) is 0 Å². The monoisotopic (exact) mass is 230 g/mol. The zero-order valence-electron chi connectivity index (χ0n) is 8.06. The van der Waals surface area contributed by atoms with E-state index in [1.165, 1.54) is 0 Å². The molecule has 2 atom stereocenters. The van der Waals surface area contributed by atoms with Crippen LogP contribution >= 0.6 is 17.9 Å². The van der Waals surface area contributed by atoms with Crippen LogP contribution in [0.15, 0.2) is 0 Å². The molecule has 0 heterocycles. The fraction of sp³-hybridized carbons (Fsp3) is 1.00. The largest absolute Gasteiger partial charge is 0.341 e. The van der Waals surface area contributed by atoms with Gasteiger partial charge in [-0.3, -0.25) is 0 Å². The molecule has 2 unspecified atom stereocenters. The van der Waals surface area contributed by atoms with E-state index in [9.17, 15) is 9.79 Å². The minimum absolute atomic E-state index is 0.306.